The Bertz CT molecular complexity index is 362. The summed E-state index contributed by atoms with van der Waals surface area (Å²) >= 11 is 6.01. The van der Waals surface area contributed by atoms with E-state index in [9.17, 15) is 0 Å². The van der Waals surface area contributed by atoms with Crippen molar-refractivity contribution in [3.8, 4) is 0 Å². The average molecular weight is 252 g/mol. The predicted octanol–water partition coefficient (Wildman–Crippen LogP) is 3.75. The molecule has 94 valence electrons. The number of rotatable bonds is 4. The first-order valence-corrected chi connectivity index (χ1v) is 6.86. The standard InChI is InChI=1S/C15H22ClN/c1-11-4-12(2)6-13(5-11)9-17(3)10-14-7-15(16)8-14/h4-6,14-15H,7-10H2,1-3H3. The second kappa shape index (κ2) is 5.41. The molecule has 1 fully saturated rings. The first-order chi connectivity index (χ1) is 8.02. The van der Waals surface area contributed by atoms with Gasteiger partial charge in [-0.15, -0.1) is 11.6 Å². The summed E-state index contributed by atoms with van der Waals surface area (Å²) < 4.78 is 0. The quantitative estimate of drug-likeness (QED) is 0.737. The van der Waals surface area contributed by atoms with Crippen LogP contribution >= 0.6 is 11.6 Å². The van der Waals surface area contributed by atoms with Crippen LogP contribution in [-0.2, 0) is 6.54 Å². The number of halogens is 1. The van der Waals surface area contributed by atoms with Crippen LogP contribution in [0.25, 0.3) is 0 Å². The molecule has 0 amide bonds. The number of benzene rings is 1. The second-order valence-corrected chi connectivity index (χ2v) is 6.24. The molecule has 1 aliphatic rings. The van der Waals surface area contributed by atoms with Crippen molar-refractivity contribution in [2.24, 2.45) is 5.92 Å². The van der Waals surface area contributed by atoms with Crippen LogP contribution in [0.15, 0.2) is 18.2 Å². The Hall–Kier alpha value is -0.530. The molecule has 1 nitrogen and oxygen atoms in total. The van der Waals surface area contributed by atoms with Gasteiger partial charge in [-0.1, -0.05) is 29.3 Å². The first-order valence-electron chi connectivity index (χ1n) is 6.42. The Morgan fingerprint density at radius 2 is 1.76 bits per heavy atom. The SMILES string of the molecule is Cc1cc(C)cc(CN(C)CC2CC(Cl)C2)c1. The lowest BCUT2D eigenvalue weighted by Crippen LogP contribution is -2.34. The number of hydrogen-bond acceptors (Lipinski definition) is 1. The van der Waals surface area contributed by atoms with Crippen LogP contribution in [0.5, 0.6) is 0 Å². The highest BCUT2D eigenvalue weighted by molar-refractivity contribution is 6.21. The minimum atomic E-state index is 0.439. The molecular formula is C15H22ClN. The minimum absolute atomic E-state index is 0.439. The van der Waals surface area contributed by atoms with Gasteiger partial charge in [0.2, 0.25) is 0 Å². The van der Waals surface area contributed by atoms with E-state index in [1.165, 1.54) is 36.1 Å². The second-order valence-electron chi connectivity index (χ2n) is 5.63. The van der Waals surface area contributed by atoms with Crippen molar-refractivity contribution in [1.82, 2.24) is 4.90 Å². The molecule has 1 aromatic carbocycles. The third-order valence-corrected chi connectivity index (χ3v) is 3.84. The maximum Gasteiger partial charge on any atom is 0.0342 e. The molecule has 1 saturated carbocycles. The molecule has 0 radical (unpaired) electrons. The maximum atomic E-state index is 6.01. The Kier molecular flexibility index (Phi) is 4.11. The van der Waals surface area contributed by atoms with Crippen LogP contribution in [0.3, 0.4) is 0 Å². The van der Waals surface area contributed by atoms with E-state index in [0.717, 1.165) is 12.5 Å². The van der Waals surface area contributed by atoms with Gasteiger partial charge in [-0.25, -0.2) is 0 Å². The van der Waals surface area contributed by atoms with Crippen molar-refractivity contribution in [3.63, 3.8) is 0 Å². The molecule has 2 heteroatoms. The first kappa shape index (κ1) is 12.9. The summed E-state index contributed by atoms with van der Waals surface area (Å²) in [7, 11) is 2.21. The lowest BCUT2D eigenvalue weighted by Gasteiger charge is -2.34. The Morgan fingerprint density at radius 1 is 1.18 bits per heavy atom. The van der Waals surface area contributed by atoms with Gasteiger partial charge in [-0.2, -0.15) is 0 Å². The summed E-state index contributed by atoms with van der Waals surface area (Å²) in [4.78, 5) is 2.42. The fourth-order valence-corrected chi connectivity index (χ4v) is 3.28. The number of hydrogen-bond donors (Lipinski definition) is 0. The molecule has 0 unspecified atom stereocenters. The van der Waals surface area contributed by atoms with Gasteiger partial charge in [0.15, 0.2) is 0 Å². The summed E-state index contributed by atoms with van der Waals surface area (Å²) in [5.74, 6) is 0.813. The van der Waals surface area contributed by atoms with E-state index in [-0.39, 0.29) is 0 Å². The zero-order valence-electron chi connectivity index (χ0n) is 11.0. The Balaban J connectivity index is 1.86. The van der Waals surface area contributed by atoms with E-state index in [2.05, 4.69) is 44.0 Å². The summed E-state index contributed by atoms with van der Waals surface area (Å²) in [6, 6.07) is 6.80. The molecule has 0 aromatic heterocycles. The smallest absolute Gasteiger partial charge is 0.0342 e. The van der Waals surface area contributed by atoms with Crippen molar-refractivity contribution in [2.75, 3.05) is 13.6 Å². The van der Waals surface area contributed by atoms with E-state index in [1.54, 1.807) is 0 Å². The molecule has 0 heterocycles. The molecule has 0 bridgehead atoms. The minimum Gasteiger partial charge on any atom is -0.302 e. The van der Waals surface area contributed by atoms with E-state index < -0.39 is 0 Å². The third-order valence-electron chi connectivity index (χ3n) is 3.48. The van der Waals surface area contributed by atoms with Gasteiger partial charge < -0.3 is 4.90 Å². The number of alkyl halides is 1. The third kappa shape index (κ3) is 3.72. The van der Waals surface area contributed by atoms with E-state index >= 15 is 0 Å². The van der Waals surface area contributed by atoms with Crippen molar-refractivity contribution in [3.05, 3.63) is 34.9 Å². The molecular weight excluding hydrogens is 230 g/mol. The van der Waals surface area contributed by atoms with Crippen molar-refractivity contribution < 1.29 is 0 Å². The highest BCUT2D eigenvalue weighted by atomic mass is 35.5. The summed E-state index contributed by atoms with van der Waals surface area (Å²) in [6.07, 6.45) is 2.39. The molecule has 17 heavy (non-hydrogen) atoms. The van der Waals surface area contributed by atoms with Crippen LogP contribution < -0.4 is 0 Å². The summed E-state index contributed by atoms with van der Waals surface area (Å²) in [6.45, 7) is 6.56. The van der Waals surface area contributed by atoms with Crippen LogP contribution in [-0.4, -0.2) is 23.9 Å². The molecule has 0 atom stereocenters. The fraction of sp³-hybridized carbons (Fsp3) is 0.600. The normalized spacial score (nSPS) is 23.8. The zero-order valence-corrected chi connectivity index (χ0v) is 11.8. The maximum absolute atomic E-state index is 6.01. The van der Waals surface area contributed by atoms with Gasteiger partial charge in [-0.3, -0.25) is 0 Å². The van der Waals surface area contributed by atoms with Crippen LogP contribution in [0.1, 0.15) is 29.5 Å². The van der Waals surface area contributed by atoms with E-state index in [4.69, 9.17) is 11.6 Å². The summed E-state index contributed by atoms with van der Waals surface area (Å²) in [5, 5.41) is 0.439. The molecule has 1 aromatic rings. The molecule has 0 aliphatic heterocycles. The highest BCUT2D eigenvalue weighted by Crippen LogP contribution is 2.32. The van der Waals surface area contributed by atoms with E-state index in [0.29, 0.717) is 5.38 Å². The fourth-order valence-electron chi connectivity index (χ4n) is 2.78. The number of nitrogens with zero attached hydrogens (tertiary/aromatic N) is 1. The topological polar surface area (TPSA) is 3.24 Å². The van der Waals surface area contributed by atoms with E-state index in [1.807, 2.05) is 0 Å². The van der Waals surface area contributed by atoms with Gasteiger partial charge in [0.25, 0.3) is 0 Å². The summed E-state index contributed by atoms with van der Waals surface area (Å²) in [5.41, 5.74) is 4.14. The molecule has 0 saturated heterocycles. The lowest BCUT2D eigenvalue weighted by atomic mass is 9.84. The van der Waals surface area contributed by atoms with Crippen molar-refractivity contribution in [2.45, 2.75) is 38.6 Å². The monoisotopic (exact) mass is 251 g/mol. The highest BCUT2D eigenvalue weighted by Gasteiger charge is 2.27. The predicted molar refractivity (Wildman–Crippen MR) is 74.6 cm³/mol. The van der Waals surface area contributed by atoms with Gasteiger partial charge >= 0.3 is 0 Å². The van der Waals surface area contributed by atoms with Gasteiger partial charge in [-0.05, 0) is 45.2 Å². The molecule has 1 aliphatic carbocycles. The molecule has 0 N–H and O–H groups in total. The van der Waals surface area contributed by atoms with Gasteiger partial charge in [0.1, 0.15) is 0 Å². The van der Waals surface area contributed by atoms with Gasteiger partial charge in [0, 0.05) is 18.5 Å². The zero-order chi connectivity index (χ0) is 12.4. The lowest BCUT2D eigenvalue weighted by molar-refractivity contribution is 0.204. The van der Waals surface area contributed by atoms with Crippen LogP contribution in [0.4, 0.5) is 0 Å². The Labute approximate surface area is 110 Å². The molecule has 0 spiro atoms. The van der Waals surface area contributed by atoms with Gasteiger partial charge in [0.05, 0.1) is 0 Å². The van der Waals surface area contributed by atoms with Crippen LogP contribution in [0, 0.1) is 19.8 Å². The Morgan fingerprint density at radius 3 is 2.29 bits per heavy atom. The molecule has 2 rings (SSSR count). The average Bonchev–Trinajstić information content (AvgIpc) is 2.13. The number of aryl methyl sites for hydroxylation is 2. The van der Waals surface area contributed by atoms with Crippen molar-refractivity contribution >= 4 is 11.6 Å². The van der Waals surface area contributed by atoms with Crippen molar-refractivity contribution in [1.29, 1.82) is 0 Å². The van der Waals surface area contributed by atoms with Crippen LogP contribution in [0.2, 0.25) is 0 Å². The largest absolute Gasteiger partial charge is 0.302 e.